The molecule has 1 fully saturated rings. The maximum Gasteiger partial charge on any atom is 0.232 e. The van der Waals surface area contributed by atoms with E-state index in [4.69, 9.17) is 4.74 Å². The van der Waals surface area contributed by atoms with Crippen LogP contribution < -0.4 is 10.1 Å². The van der Waals surface area contributed by atoms with Gasteiger partial charge in [-0.2, -0.15) is 0 Å². The summed E-state index contributed by atoms with van der Waals surface area (Å²) < 4.78 is 6.11. The molecule has 0 atom stereocenters. The molecule has 0 unspecified atom stereocenters. The van der Waals surface area contributed by atoms with Crippen molar-refractivity contribution in [2.75, 3.05) is 32.7 Å². The number of hydrogen-bond donors (Lipinski definition) is 1. The summed E-state index contributed by atoms with van der Waals surface area (Å²) in [5.41, 5.74) is 5.77. The van der Waals surface area contributed by atoms with Crippen LogP contribution in [-0.4, -0.2) is 49.1 Å². The van der Waals surface area contributed by atoms with Crippen molar-refractivity contribution in [3.05, 3.63) is 82.1 Å². The monoisotopic (exact) mass is 399 g/mol. The number of ether oxygens (including phenoxy) is 1. The average molecular weight is 399 g/mol. The molecule has 0 aromatic heterocycles. The maximum atomic E-state index is 13.0. The van der Waals surface area contributed by atoms with Crippen LogP contribution in [0.15, 0.2) is 59.3 Å². The molecular weight excluding hydrogens is 374 g/mol. The third-order valence-corrected chi connectivity index (χ3v) is 5.93. The fraction of sp³-hybridized carbons (Fsp3) is 0.280. The molecule has 0 spiro atoms. The Bertz CT molecular complexity index is 1090. The SMILES string of the molecule is Cc1ccc2c(c1/C=C\CN1CCNCC1)O/C(=C\C1=NCc3ccccc31)C2=O. The lowest BCUT2D eigenvalue weighted by Gasteiger charge is -2.25. The Morgan fingerprint density at radius 2 is 1.97 bits per heavy atom. The number of ketones is 1. The largest absolute Gasteiger partial charge is 0.452 e. The first-order valence-corrected chi connectivity index (χ1v) is 10.5. The highest BCUT2D eigenvalue weighted by molar-refractivity contribution is 6.19. The first kappa shape index (κ1) is 19.0. The number of carbonyl (C=O) groups excluding carboxylic acids is 1. The minimum atomic E-state index is -0.0752. The summed E-state index contributed by atoms with van der Waals surface area (Å²) in [5, 5.41) is 3.37. The van der Waals surface area contributed by atoms with Gasteiger partial charge in [-0.05, 0) is 24.1 Å². The van der Waals surface area contributed by atoms with Crippen LogP contribution in [0.3, 0.4) is 0 Å². The van der Waals surface area contributed by atoms with E-state index in [0.717, 1.165) is 55.1 Å². The molecule has 1 N–H and O–H groups in total. The van der Waals surface area contributed by atoms with E-state index in [0.29, 0.717) is 23.6 Å². The van der Waals surface area contributed by atoms with Crippen LogP contribution in [-0.2, 0) is 6.54 Å². The Morgan fingerprint density at radius 1 is 1.13 bits per heavy atom. The molecule has 0 radical (unpaired) electrons. The number of nitrogens with one attached hydrogen (secondary N) is 1. The molecule has 30 heavy (non-hydrogen) atoms. The lowest BCUT2D eigenvalue weighted by atomic mass is 10.0. The van der Waals surface area contributed by atoms with E-state index in [-0.39, 0.29) is 5.78 Å². The van der Waals surface area contributed by atoms with Crippen LogP contribution >= 0.6 is 0 Å². The molecule has 0 aliphatic carbocycles. The van der Waals surface area contributed by atoms with Crippen LogP contribution in [0.5, 0.6) is 5.75 Å². The summed E-state index contributed by atoms with van der Waals surface area (Å²) in [5.74, 6) is 0.936. The zero-order valence-electron chi connectivity index (χ0n) is 17.1. The molecule has 3 aliphatic heterocycles. The summed E-state index contributed by atoms with van der Waals surface area (Å²) >= 11 is 0. The Balaban J connectivity index is 1.40. The minimum absolute atomic E-state index is 0.0752. The van der Waals surface area contributed by atoms with Gasteiger partial charge in [-0.1, -0.05) is 42.5 Å². The van der Waals surface area contributed by atoms with Crippen molar-refractivity contribution in [1.29, 1.82) is 0 Å². The molecule has 5 heteroatoms. The van der Waals surface area contributed by atoms with Gasteiger partial charge >= 0.3 is 0 Å². The summed E-state index contributed by atoms with van der Waals surface area (Å²) in [6.45, 7) is 7.78. The van der Waals surface area contributed by atoms with Crippen LogP contribution in [0.1, 0.15) is 32.6 Å². The van der Waals surface area contributed by atoms with E-state index in [2.05, 4.69) is 40.4 Å². The Kier molecular flexibility index (Phi) is 5.07. The predicted molar refractivity (Wildman–Crippen MR) is 119 cm³/mol. The highest BCUT2D eigenvalue weighted by atomic mass is 16.5. The van der Waals surface area contributed by atoms with Crippen LogP contribution in [0.4, 0.5) is 0 Å². The van der Waals surface area contributed by atoms with Crippen molar-refractivity contribution < 1.29 is 9.53 Å². The van der Waals surface area contributed by atoms with Gasteiger partial charge < -0.3 is 10.1 Å². The third-order valence-electron chi connectivity index (χ3n) is 5.93. The smallest absolute Gasteiger partial charge is 0.232 e. The number of carbonyl (C=O) groups is 1. The van der Waals surface area contributed by atoms with Gasteiger partial charge in [0.25, 0.3) is 0 Å². The highest BCUT2D eigenvalue weighted by Crippen LogP contribution is 2.37. The average Bonchev–Trinajstić information content (AvgIpc) is 3.32. The number of nitrogens with zero attached hydrogens (tertiary/aromatic N) is 2. The topological polar surface area (TPSA) is 53.9 Å². The Hall–Kier alpha value is -3.02. The third kappa shape index (κ3) is 3.51. The van der Waals surface area contributed by atoms with Crippen molar-refractivity contribution in [2.45, 2.75) is 13.5 Å². The molecule has 1 saturated heterocycles. The minimum Gasteiger partial charge on any atom is -0.452 e. The van der Waals surface area contributed by atoms with Crippen LogP contribution in [0, 0.1) is 6.92 Å². The summed E-state index contributed by atoms with van der Waals surface area (Å²) in [6, 6.07) is 12.0. The van der Waals surface area contributed by atoms with Crippen molar-refractivity contribution >= 4 is 17.6 Å². The predicted octanol–water partition coefficient (Wildman–Crippen LogP) is 3.38. The molecule has 0 bridgehead atoms. The Morgan fingerprint density at radius 3 is 2.83 bits per heavy atom. The van der Waals surface area contributed by atoms with Crippen molar-refractivity contribution in [1.82, 2.24) is 10.2 Å². The number of benzene rings is 2. The van der Waals surface area contributed by atoms with Gasteiger partial charge in [-0.3, -0.25) is 14.7 Å². The lowest BCUT2D eigenvalue weighted by Crippen LogP contribution is -2.43. The zero-order chi connectivity index (χ0) is 20.5. The second-order valence-electron chi connectivity index (χ2n) is 7.92. The normalized spacial score (nSPS) is 19.8. The number of fused-ring (bicyclic) bond motifs is 2. The van der Waals surface area contributed by atoms with E-state index in [1.807, 2.05) is 30.3 Å². The van der Waals surface area contributed by atoms with Crippen molar-refractivity contribution in [3.8, 4) is 5.75 Å². The van der Waals surface area contributed by atoms with E-state index in [1.54, 1.807) is 6.08 Å². The van der Waals surface area contributed by atoms with E-state index in [9.17, 15) is 4.79 Å². The van der Waals surface area contributed by atoms with Gasteiger partial charge in [0.1, 0.15) is 5.75 Å². The van der Waals surface area contributed by atoms with Gasteiger partial charge in [0.05, 0.1) is 17.8 Å². The summed E-state index contributed by atoms with van der Waals surface area (Å²) in [6.07, 6.45) is 6.05. The number of rotatable bonds is 4. The van der Waals surface area contributed by atoms with Crippen molar-refractivity contribution in [3.63, 3.8) is 0 Å². The van der Waals surface area contributed by atoms with Crippen LogP contribution in [0.25, 0.3) is 6.08 Å². The maximum absolute atomic E-state index is 13.0. The molecule has 0 amide bonds. The lowest BCUT2D eigenvalue weighted by molar-refractivity contribution is 0.101. The number of piperazine rings is 1. The number of allylic oxidation sites excluding steroid dienone is 2. The van der Waals surface area contributed by atoms with E-state index in [1.165, 1.54) is 5.56 Å². The van der Waals surface area contributed by atoms with E-state index >= 15 is 0 Å². The standard InChI is InChI=1S/C25H25N3O2/c1-17-8-9-21-24(29)23(15-22-20-6-3-2-5-18(20)16-27-22)30-25(21)19(17)7-4-12-28-13-10-26-11-14-28/h2-9,15,26H,10-14,16H2,1H3/b7-4-,23-15-. The summed E-state index contributed by atoms with van der Waals surface area (Å²) in [7, 11) is 0. The molecule has 0 saturated carbocycles. The number of hydrogen-bond acceptors (Lipinski definition) is 5. The molecule has 5 nitrogen and oxygen atoms in total. The van der Waals surface area contributed by atoms with Gasteiger partial charge in [0, 0.05) is 49.9 Å². The molecular formula is C25H25N3O2. The first-order valence-electron chi connectivity index (χ1n) is 10.5. The quantitative estimate of drug-likeness (QED) is 0.801. The van der Waals surface area contributed by atoms with Gasteiger partial charge in [0.2, 0.25) is 5.78 Å². The molecule has 3 aliphatic rings. The van der Waals surface area contributed by atoms with Gasteiger partial charge in [0.15, 0.2) is 5.76 Å². The molecule has 3 heterocycles. The second kappa shape index (κ2) is 8.01. The van der Waals surface area contributed by atoms with Crippen LogP contribution in [0.2, 0.25) is 0 Å². The van der Waals surface area contributed by atoms with E-state index < -0.39 is 0 Å². The second-order valence-corrected chi connectivity index (χ2v) is 7.92. The number of Topliss-reactive ketones (excluding diaryl/α,β-unsaturated/α-hetero) is 1. The first-order chi connectivity index (χ1) is 14.7. The number of aliphatic imine (C=N–C) groups is 1. The highest BCUT2D eigenvalue weighted by Gasteiger charge is 2.30. The molecule has 5 rings (SSSR count). The number of aryl methyl sites for hydroxylation is 1. The molecule has 152 valence electrons. The van der Waals surface area contributed by atoms with Crippen molar-refractivity contribution in [2.24, 2.45) is 4.99 Å². The molecule has 2 aromatic carbocycles. The summed E-state index contributed by atoms with van der Waals surface area (Å²) in [4.78, 5) is 20.0. The van der Waals surface area contributed by atoms with Gasteiger partial charge in [-0.15, -0.1) is 0 Å². The fourth-order valence-corrected chi connectivity index (χ4v) is 4.20. The molecule has 2 aromatic rings. The fourth-order valence-electron chi connectivity index (χ4n) is 4.20. The zero-order valence-corrected chi connectivity index (χ0v) is 17.1. The van der Waals surface area contributed by atoms with Gasteiger partial charge in [-0.25, -0.2) is 0 Å². The Labute approximate surface area is 176 Å².